The van der Waals surface area contributed by atoms with Crippen LogP contribution in [0.5, 0.6) is 0 Å². The Hall–Kier alpha value is -2.26. The lowest BCUT2D eigenvalue weighted by Crippen LogP contribution is -2.39. The molecule has 9 heteroatoms. The normalized spacial score (nSPS) is 18.1. The molecule has 0 saturated carbocycles. The van der Waals surface area contributed by atoms with Gasteiger partial charge in [-0.1, -0.05) is 29.8 Å². The number of carbonyl (C=O) groups excluding carboxylic acids is 1. The number of aromatic nitrogens is 2. The van der Waals surface area contributed by atoms with Gasteiger partial charge in [0.2, 0.25) is 0 Å². The minimum atomic E-state index is -3.59. The molecule has 1 aliphatic heterocycles. The van der Waals surface area contributed by atoms with Crippen LogP contribution in [0.2, 0.25) is 0 Å². The maximum absolute atomic E-state index is 12.3. The maximum Gasteiger partial charge on any atom is 0.315 e. The molecule has 0 unspecified atom stereocenters. The molecule has 1 atom stereocenters. The predicted octanol–water partition coefficient (Wildman–Crippen LogP) is 2.04. The predicted molar refractivity (Wildman–Crippen MR) is 103 cm³/mol. The summed E-state index contributed by atoms with van der Waals surface area (Å²) in [6.07, 6.45) is 4.57. The molecular weight excluding hydrogens is 380 g/mol. The Kier molecular flexibility index (Phi) is 6.79. The molecule has 1 aromatic carbocycles. The van der Waals surface area contributed by atoms with E-state index < -0.39 is 21.5 Å². The van der Waals surface area contributed by atoms with Crippen LogP contribution in [0.25, 0.3) is 0 Å². The van der Waals surface area contributed by atoms with Crippen LogP contribution in [-0.2, 0) is 15.6 Å². The van der Waals surface area contributed by atoms with Gasteiger partial charge in [-0.05, 0) is 44.9 Å². The summed E-state index contributed by atoms with van der Waals surface area (Å²) in [4.78, 5) is 18.7. The Morgan fingerprint density at radius 2 is 2.07 bits per heavy atom. The molecule has 0 radical (unpaired) electrons. The van der Waals surface area contributed by atoms with Crippen LogP contribution in [0.1, 0.15) is 49.1 Å². The van der Waals surface area contributed by atoms with Crippen molar-refractivity contribution in [3.8, 4) is 0 Å². The summed E-state index contributed by atoms with van der Waals surface area (Å²) in [6, 6.07) is 8.63. The number of benzene rings is 1. The Bertz CT molecular complexity index is 882. The Balaban J connectivity index is 1.47. The first-order valence-electron chi connectivity index (χ1n) is 9.58. The summed E-state index contributed by atoms with van der Waals surface area (Å²) in [6.45, 7) is 4.78. The lowest BCUT2D eigenvalue weighted by Gasteiger charge is -2.33. The van der Waals surface area contributed by atoms with E-state index in [9.17, 15) is 13.2 Å². The molecule has 0 aliphatic carbocycles. The van der Waals surface area contributed by atoms with E-state index in [1.54, 1.807) is 18.2 Å². The summed E-state index contributed by atoms with van der Waals surface area (Å²) in [7, 11) is -3.59. The van der Waals surface area contributed by atoms with Gasteiger partial charge in [-0.2, -0.15) is 4.98 Å². The monoisotopic (exact) mass is 406 g/mol. The van der Waals surface area contributed by atoms with Crippen molar-refractivity contribution in [2.45, 2.75) is 49.3 Å². The van der Waals surface area contributed by atoms with Crippen molar-refractivity contribution >= 4 is 15.7 Å². The fraction of sp³-hybridized carbons (Fsp3) is 0.526. The molecule has 0 spiro atoms. The first-order valence-corrected chi connectivity index (χ1v) is 11.2. The van der Waals surface area contributed by atoms with Gasteiger partial charge in [-0.15, -0.1) is 0 Å². The van der Waals surface area contributed by atoms with Crippen molar-refractivity contribution in [2.24, 2.45) is 0 Å². The molecule has 1 aliphatic rings. The molecule has 1 N–H and O–H groups in total. The molecular formula is C19H26N4O4S. The van der Waals surface area contributed by atoms with Crippen LogP contribution in [0.4, 0.5) is 0 Å². The maximum atomic E-state index is 12.3. The number of nitrogens with zero attached hydrogens (tertiary/aromatic N) is 3. The van der Waals surface area contributed by atoms with E-state index in [4.69, 9.17) is 4.52 Å². The number of piperidine rings is 1. The first-order chi connectivity index (χ1) is 13.5. The Morgan fingerprint density at radius 3 is 2.82 bits per heavy atom. The highest BCUT2D eigenvalue weighted by Gasteiger charge is 2.22. The highest BCUT2D eigenvalue weighted by Crippen LogP contribution is 2.16. The van der Waals surface area contributed by atoms with Crippen molar-refractivity contribution < 1.29 is 17.7 Å². The number of rotatable bonds is 8. The third kappa shape index (κ3) is 5.39. The SMILES string of the molecule is C[C@H]1CCCCN1CCCNC(=O)c1nc(CS(=O)(=O)c2ccccc2)no1. The fourth-order valence-electron chi connectivity index (χ4n) is 3.34. The van der Waals surface area contributed by atoms with E-state index in [0.29, 0.717) is 12.6 Å². The summed E-state index contributed by atoms with van der Waals surface area (Å²) in [5, 5.41) is 6.38. The molecule has 2 heterocycles. The second-order valence-electron chi connectivity index (χ2n) is 7.08. The molecule has 2 aromatic rings. The van der Waals surface area contributed by atoms with Crippen molar-refractivity contribution in [2.75, 3.05) is 19.6 Å². The zero-order valence-electron chi connectivity index (χ0n) is 16.0. The van der Waals surface area contributed by atoms with Gasteiger partial charge in [0.25, 0.3) is 0 Å². The summed E-state index contributed by atoms with van der Waals surface area (Å²) < 4.78 is 29.6. The van der Waals surface area contributed by atoms with Gasteiger partial charge < -0.3 is 14.7 Å². The second-order valence-corrected chi connectivity index (χ2v) is 9.07. The van der Waals surface area contributed by atoms with Gasteiger partial charge in [-0.3, -0.25) is 4.79 Å². The van der Waals surface area contributed by atoms with E-state index in [0.717, 1.165) is 19.5 Å². The largest absolute Gasteiger partial charge is 0.348 e. The third-order valence-corrected chi connectivity index (χ3v) is 6.56. The van der Waals surface area contributed by atoms with Crippen molar-refractivity contribution in [3.05, 3.63) is 42.0 Å². The van der Waals surface area contributed by atoms with Crippen LogP contribution >= 0.6 is 0 Å². The molecule has 1 amide bonds. The van der Waals surface area contributed by atoms with Crippen molar-refractivity contribution in [1.82, 2.24) is 20.4 Å². The zero-order chi connectivity index (χ0) is 20.0. The molecule has 1 saturated heterocycles. The number of hydrogen-bond acceptors (Lipinski definition) is 7. The summed E-state index contributed by atoms with van der Waals surface area (Å²) in [5.74, 6) is -1.15. The minimum absolute atomic E-state index is 0.0313. The van der Waals surface area contributed by atoms with E-state index in [1.807, 2.05) is 0 Å². The van der Waals surface area contributed by atoms with Gasteiger partial charge in [0, 0.05) is 19.1 Å². The van der Waals surface area contributed by atoms with Crippen LogP contribution in [0, 0.1) is 0 Å². The van der Waals surface area contributed by atoms with Crippen molar-refractivity contribution in [1.29, 1.82) is 0 Å². The van der Waals surface area contributed by atoms with E-state index >= 15 is 0 Å². The van der Waals surface area contributed by atoms with E-state index in [2.05, 4.69) is 27.3 Å². The Labute approximate surface area is 165 Å². The molecule has 0 bridgehead atoms. The fourth-order valence-corrected chi connectivity index (χ4v) is 4.53. The van der Waals surface area contributed by atoms with Gasteiger partial charge in [0.05, 0.1) is 4.90 Å². The lowest BCUT2D eigenvalue weighted by molar-refractivity contribution is 0.0905. The summed E-state index contributed by atoms with van der Waals surface area (Å²) in [5.41, 5.74) is 0. The zero-order valence-corrected chi connectivity index (χ0v) is 16.8. The number of likely N-dealkylation sites (tertiary alicyclic amines) is 1. The minimum Gasteiger partial charge on any atom is -0.348 e. The van der Waals surface area contributed by atoms with Crippen LogP contribution < -0.4 is 5.32 Å². The lowest BCUT2D eigenvalue weighted by atomic mass is 10.0. The molecule has 1 fully saturated rings. The number of carbonyl (C=O) groups is 1. The standard InChI is InChI=1S/C19H26N4O4S/c1-15-8-5-6-12-23(15)13-7-11-20-18(24)19-21-17(22-27-19)14-28(25,26)16-9-3-2-4-10-16/h2-4,9-10,15H,5-8,11-14H2,1H3,(H,20,24)/t15-/m0/s1. The van der Waals surface area contributed by atoms with Gasteiger partial charge in [0.15, 0.2) is 15.7 Å². The second kappa shape index (κ2) is 9.29. The molecule has 152 valence electrons. The number of amides is 1. The van der Waals surface area contributed by atoms with Crippen LogP contribution in [0.3, 0.4) is 0 Å². The van der Waals surface area contributed by atoms with E-state index in [-0.39, 0.29) is 16.6 Å². The Morgan fingerprint density at radius 1 is 1.29 bits per heavy atom. The molecule has 3 rings (SSSR count). The van der Waals surface area contributed by atoms with Gasteiger partial charge >= 0.3 is 11.8 Å². The first kappa shape index (κ1) is 20.5. The smallest absolute Gasteiger partial charge is 0.315 e. The van der Waals surface area contributed by atoms with Gasteiger partial charge in [0.1, 0.15) is 5.75 Å². The topological polar surface area (TPSA) is 105 Å². The number of sulfone groups is 1. The van der Waals surface area contributed by atoms with Crippen molar-refractivity contribution in [3.63, 3.8) is 0 Å². The van der Waals surface area contributed by atoms with E-state index in [1.165, 1.54) is 31.4 Å². The van der Waals surface area contributed by atoms with Gasteiger partial charge in [-0.25, -0.2) is 8.42 Å². The molecule has 1 aromatic heterocycles. The third-order valence-electron chi connectivity index (χ3n) is 4.93. The molecule has 28 heavy (non-hydrogen) atoms. The highest BCUT2D eigenvalue weighted by atomic mass is 32.2. The van der Waals surface area contributed by atoms with Crippen LogP contribution in [-0.4, -0.2) is 55.0 Å². The average Bonchev–Trinajstić information content (AvgIpc) is 3.15. The number of nitrogens with one attached hydrogen (secondary N) is 1. The summed E-state index contributed by atoms with van der Waals surface area (Å²) >= 11 is 0. The quantitative estimate of drug-likeness (QED) is 0.669. The molecule has 8 nitrogen and oxygen atoms in total. The van der Waals surface area contributed by atoms with Crippen LogP contribution in [0.15, 0.2) is 39.8 Å². The number of hydrogen-bond donors (Lipinski definition) is 1. The average molecular weight is 407 g/mol. The highest BCUT2D eigenvalue weighted by molar-refractivity contribution is 7.90.